The quantitative estimate of drug-likeness (QED) is 0.829. The molecule has 0 saturated carbocycles. The van der Waals surface area contributed by atoms with Crippen LogP contribution in [0.15, 0.2) is 30.3 Å². The second kappa shape index (κ2) is 6.84. The maximum atomic E-state index is 14.1. The van der Waals surface area contributed by atoms with Crippen LogP contribution in [-0.2, 0) is 0 Å². The van der Waals surface area contributed by atoms with Gasteiger partial charge in [-0.3, -0.25) is 0 Å². The van der Waals surface area contributed by atoms with Crippen LogP contribution in [0, 0.1) is 5.82 Å². The summed E-state index contributed by atoms with van der Waals surface area (Å²) < 4.78 is 19.2. The van der Waals surface area contributed by atoms with Gasteiger partial charge >= 0.3 is 0 Å². The van der Waals surface area contributed by atoms with E-state index in [1.165, 1.54) is 19.2 Å². The van der Waals surface area contributed by atoms with E-state index in [-0.39, 0.29) is 5.82 Å². The lowest BCUT2D eigenvalue weighted by molar-refractivity contribution is 0.414. The summed E-state index contributed by atoms with van der Waals surface area (Å²) in [7, 11) is 3.21. The zero-order valence-corrected chi connectivity index (χ0v) is 13.7. The summed E-state index contributed by atoms with van der Waals surface area (Å²) >= 11 is 18.3. The van der Waals surface area contributed by atoms with E-state index < -0.39 is 6.04 Å². The molecule has 6 heteroatoms. The maximum Gasteiger partial charge on any atom is 0.138 e. The average molecular weight is 349 g/mol. The molecule has 1 unspecified atom stereocenters. The molecule has 0 saturated heterocycles. The Morgan fingerprint density at radius 3 is 2.38 bits per heavy atom. The van der Waals surface area contributed by atoms with Crippen molar-refractivity contribution in [3.8, 4) is 5.75 Å². The van der Waals surface area contributed by atoms with Gasteiger partial charge in [0.15, 0.2) is 0 Å². The molecule has 0 spiro atoms. The lowest BCUT2D eigenvalue weighted by Crippen LogP contribution is -2.19. The van der Waals surface area contributed by atoms with Gasteiger partial charge in [0, 0.05) is 21.7 Å². The molecular formula is C15H13Cl3FNO. The van der Waals surface area contributed by atoms with Gasteiger partial charge in [-0.05, 0) is 36.9 Å². The molecule has 0 radical (unpaired) electrons. The number of halogens is 4. The molecule has 2 rings (SSSR count). The molecule has 0 aliphatic rings. The molecule has 0 aliphatic carbocycles. The van der Waals surface area contributed by atoms with Crippen molar-refractivity contribution in [2.24, 2.45) is 0 Å². The van der Waals surface area contributed by atoms with Crippen LogP contribution < -0.4 is 10.1 Å². The summed E-state index contributed by atoms with van der Waals surface area (Å²) in [5, 5.41) is 4.30. The van der Waals surface area contributed by atoms with E-state index in [0.29, 0.717) is 31.9 Å². The molecular weight excluding hydrogens is 336 g/mol. The van der Waals surface area contributed by atoms with Crippen LogP contribution in [0.1, 0.15) is 17.2 Å². The molecule has 2 nitrogen and oxygen atoms in total. The smallest absolute Gasteiger partial charge is 0.138 e. The minimum atomic E-state index is -0.473. The van der Waals surface area contributed by atoms with Crippen LogP contribution in [0.5, 0.6) is 5.75 Å². The van der Waals surface area contributed by atoms with Gasteiger partial charge in [0.1, 0.15) is 11.6 Å². The van der Waals surface area contributed by atoms with Crippen molar-refractivity contribution in [1.29, 1.82) is 0 Å². The van der Waals surface area contributed by atoms with E-state index in [2.05, 4.69) is 5.32 Å². The Kier molecular flexibility index (Phi) is 5.33. The first-order valence-corrected chi connectivity index (χ1v) is 7.26. The summed E-state index contributed by atoms with van der Waals surface area (Å²) in [6.07, 6.45) is 0. The summed E-state index contributed by atoms with van der Waals surface area (Å²) in [6.45, 7) is 0. The zero-order chi connectivity index (χ0) is 15.6. The highest BCUT2D eigenvalue weighted by Gasteiger charge is 2.21. The van der Waals surface area contributed by atoms with Crippen LogP contribution >= 0.6 is 34.8 Å². The van der Waals surface area contributed by atoms with Crippen molar-refractivity contribution in [2.45, 2.75) is 6.04 Å². The Bertz CT molecular complexity index is 664. The van der Waals surface area contributed by atoms with Crippen LogP contribution in [0.2, 0.25) is 15.1 Å². The number of hydrogen-bond acceptors (Lipinski definition) is 2. The van der Waals surface area contributed by atoms with Crippen molar-refractivity contribution in [2.75, 3.05) is 14.2 Å². The Balaban J connectivity index is 2.56. The molecule has 0 aliphatic heterocycles. The Hall–Kier alpha value is -1.00. The van der Waals surface area contributed by atoms with E-state index in [1.54, 1.807) is 25.2 Å². The van der Waals surface area contributed by atoms with Gasteiger partial charge in [0.05, 0.1) is 18.2 Å². The summed E-state index contributed by atoms with van der Waals surface area (Å²) in [6, 6.07) is 7.17. The third-order valence-corrected chi connectivity index (χ3v) is 4.00. The van der Waals surface area contributed by atoms with Crippen molar-refractivity contribution >= 4 is 34.8 Å². The van der Waals surface area contributed by atoms with Crippen LogP contribution in [0.3, 0.4) is 0 Å². The zero-order valence-electron chi connectivity index (χ0n) is 11.4. The molecule has 0 amide bonds. The largest absolute Gasteiger partial charge is 0.495 e. The third kappa shape index (κ3) is 3.43. The van der Waals surface area contributed by atoms with Gasteiger partial charge in [0.2, 0.25) is 0 Å². The fourth-order valence-electron chi connectivity index (χ4n) is 2.14. The summed E-state index contributed by atoms with van der Waals surface area (Å²) in [5.41, 5.74) is 1.04. The fraction of sp³-hybridized carbons (Fsp3) is 0.200. The predicted molar refractivity (Wildman–Crippen MR) is 85.3 cm³/mol. The van der Waals surface area contributed by atoms with Gasteiger partial charge < -0.3 is 10.1 Å². The molecule has 21 heavy (non-hydrogen) atoms. The van der Waals surface area contributed by atoms with Crippen LogP contribution in [0.4, 0.5) is 4.39 Å². The lowest BCUT2D eigenvalue weighted by atomic mass is 9.98. The molecule has 2 aromatic carbocycles. The average Bonchev–Trinajstić information content (AvgIpc) is 2.46. The highest BCUT2D eigenvalue weighted by Crippen LogP contribution is 2.37. The van der Waals surface area contributed by atoms with Crippen molar-refractivity contribution < 1.29 is 9.13 Å². The van der Waals surface area contributed by atoms with E-state index in [0.717, 1.165) is 0 Å². The van der Waals surface area contributed by atoms with Gasteiger partial charge in [-0.15, -0.1) is 0 Å². The summed E-state index contributed by atoms with van der Waals surface area (Å²) in [4.78, 5) is 0. The number of ether oxygens (including phenoxy) is 1. The molecule has 0 fully saturated rings. The fourth-order valence-corrected chi connectivity index (χ4v) is 2.83. The van der Waals surface area contributed by atoms with Crippen LogP contribution in [-0.4, -0.2) is 14.2 Å². The van der Waals surface area contributed by atoms with E-state index in [4.69, 9.17) is 39.5 Å². The third-order valence-electron chi connectivity index (χ3n) is 3.14. The first kappa shape index (κ1) is 16.4. The minimum Gasteiger partial charge on any atom is -0.495 e. The van der Waals surface area contributed by atoms with Crippen LogP contribution in [0.25, 0.3) is 0 Å². The number of benzene rings is 2. The van der Waals surface area contributed by atoms with E-state index in [1.807, 2.05) is 0 Å². The Labute approximate surface area is 137 Å². The highest BCUT2D eigenvalue weighted by atomic mass is 35.5. The highest BCUT2D eigenvalue weighted by molar-refractivity contribution is 6.34. The summed E-state index contributed by atoms with van der Waals surface area (Å²) in [5.74, 6) is 0.0913. The van der Waals surface area contributed by atoms with Gasteiger partial charge in [0.25, 0.3) is 0 Å². The number of methoxy groups -OCH3 is 1. The second-order valence-electron chi connectivity index (χ2n) is 4.40. The van der Waals surface area contributed by atoms with Gasteiger partial charge in [-0.25, -0.2) is 4.39 Å². The van der Waals surface area contributed by atoms with Gasteiger partial charge in [-0.2, -0.15) is 0 Å². The topological polar surface area (TPSA) is 21.3 Å². The molecule has 2 aromatic rings. The first-order valence-electron chi connectivity index (χ1n) is 6.13. The lowest BCUT2D eigenvalue weighted by Gasteiger charge is -2.20. The Morgan fingerprint density at radius 1 is 1.05 bits per heavy atom. The van der Waals surface area contributed by atoms with Crippen molar-refractivity contribution in [3.05, 3.63) is 62.3 Å². The molecule has 1 N–H and O–H groups in total. The molecule has 0 aromatic heterocycles. The predicted octanol–water partition coefficient (Wildman–Crippen LogP) is 5.10. The number of hydrogen-bond donors (Lipinski definition) is 1. The van der Waals surface area contributed by atoms with E-state index in [9.17, 15) is 4.39 Å². The SMILES string of the molecule is CNC(c1cc(Cl)ccc1F)c1cc(Cl)c(OC)cc1Cl. The maximum absolute atomic E-state index is 14.1. The van der Waals surface area contributed by atoms with Gasteiger partial charge in [-0.1, -0.05) is 34.8 Å². The normalized spacial score (nSPS) is 12.3. The standard InChI is InChI=1S/C15H13Cl3FNO/c1-20-15(10-5-8(16)3-4-13(10)19)9-6-12(18)14(21-2)7-11(9)17/h3-7,15,20H,1-2H3. The molecule has 112 valence electrons. The second-order valence-corrected chi connectivity index (χ2v) is 5.65. The molecule has 1 atom stereocenters. The Morgan fingerprint density at radius 2 is 1.76 bits per heavy atom. The van der Waals surface area contributed by atoms with Crippen molar-refractivity contribution in [1.82, 2.24) is 5.32 Å². The number of rotatable bonds is 4. The molecule has 0 heterocycles. The monoisotopic (exact) mass is 347 g/mol. The minimum absolute atomic E-state index is 0.373. The first-order chi connectivity index (χ1) is 9.97. The van der Waals surface area contributed by atoms with Crippen molar-refractivity contribution in [3.63, 3.8) is 0 Å². The number of nitrogens with one attached hydrogen (secondary N) is 1. The van der Waals surface area contributed by atoms with E-state index >= 15 is 0 Å². The molecule has 0 bridgehead atoms.